The van der Waals surface area contributed by atoms with Crippen LogP contribution >= 0.6 is 23.2 Å². The van der Waals surface area contributed by atoms with Crippen molar-refractivity contribution in [2.75, 3.05) is 5.32 Å². The molecule has 0 amide bonds. The van der Waals surface area contributed by atoms with Gasteiger partial charge < -0.3 is 5.32 Å². The SMILES string of the molecule is Clc1cc(Nc2ccc(-c3ccccc3)cc2)c(Cl)nn1. The number of nitrogens with zero attached hydrogens (tertiary/aromatic N) is 2. The van der Waals surface area contributed by atoms with E-state index >= 15 is 0 Å². The van der Waals surface area contributed by atoms with E-state index in [1.54, 1.807) is 6.07 Å². The molecule has 3 aromatic rings. The third-order valence-corrected chi connectivity index (χ3v) is 3.45. The van der Waals surface area contributed by atoms with Crippen molar-refractivity contribution in [3.05, 3.63) is 71.0 Å². The molecule has 0 saturated carbocycles. The number of anilines is 2. The summed E-state index contributed by atoms with van der Waals surface area (Å²) in [6.45, 7) is 0. The molecule has 0 spiro atoms. The zero-order valence-corrected chi connectivity index (χ0v) is 12.4. The molecule has 1 heterocycles. The minimum absolute atomic E-state index is 0.284. The van der Waals surface area contributed by atoms with Crippen LogP contribution in [0.4, 0.5) is 11.4 Å². The van der Waals surface area contributed by atoms with Gasteiger partial charge >= 0.3 is 0 Å². The quantitative estimate of drug-likeness (QED) is 0.722. The monoisotopic (exact) mass is 315 g/mol. The van der Waals surface area contributed by atoms with Crippen molar-refractivity contribution >= 4 is 34.6 Å². The Kier molecular flexibility index (Phi) is 4.04. The summed E-state index contributed by atoms with van der Waals surface area (Å²) in [6.07, 6.45) is 0. The van der Waals surface area contributed by atoms with Gasteiger partial charge in [0, 0.05) is 11.8 Å². The molecule has 2 aromatic carbocycles. The number of hydrogen-bond donors (Lipinski definition) is 1. The van der Waals surface area contributed by atoms with Gasteiger partial charge in [0.25, 0.3) is 0 Å². The van der Waals surface area contributed by atoms with Gasteiger partial charge in [0.15, 0.2) is 10.3 Å². The van der Waals surface area contributed by atoms with Crippen LogP contribution in [0.3, 0.4) is 0 Å². The summed E-state index contributed by atoms with van der Waals surface area (Å²) in [5.41, 5.74) is 3.86. The highest BCUT2D eigenvalue weighted by Gasteiger charge is 2.05. The third kappa shape index (κ3) is 3.32. The smallest absolute Gasteiger partial charge is 0.175 e. The molecule has 0 radical (unpaired) electrons. The minimum atomic E-state index is 0.284. The topological polar surface area (TPSA) is 37.8 Å². The number of nitrogens with one attached hydrogen (secondary N) is 1. The van der Waals surface area contributed by atoms with E-state index in [0.29, 0.717) is 10.8 Å². The van der Waals surface area contributed by atoms with Crippen LogP contribution in [0.15, 0.2) is 60.7 Å². The molecule has 0 aliphatic heterocycles. The Morgan fingerprint density at radius 3 is 2.14 bits per heavy atom. The van der Waals surface area contributed by atoms with Gasteiger partial charge in [-0.15, -0.1) is 10.2 Å². The summed E-state index contributed by atoms with van der Waals surface area (Å²) in [7, 11) is 0. The second-order valence-electron chi connectivity index (χ2n) is 4.44. The van der Waals surface area contributed by atoms with Crippen LogP contribution in [0, 0.1) is 0 Å². The molecule has 0 fully saturated rings. The van der Waals surface area contributed by atoms with Crippen molar-refractivity contribution < 1.29 is 0 Å². The van der Waals surface area contributed by atoms with E-state index in [-0.39, 0.29) is 5.15 Å². The Balaban J connectivity index is 1.83. The lowest BCUT2D eigenvalue weighted by molar-refractivity contribution is 1.03. The van der Waals surface area contributed by atoms with Crippen molar-refractivity contribution in [1.29, 1.82) is 0 Å². The van der Waals surface area contributed by atoms with E-state index in [1.807, 2.05) is 42.5 Å². The third-order valence-electron chi connectivity index (χ3n) is 2.99. The van der Waals surface area contributed by atoms with Crippen molar-refractivity contribution in [3.63, 3.8) is 0 Å². The fourth-order valence-electron chi connectivity index (χ4n) is 1.97. The maximum atomic E-state index is 5.98. The molecule has 21 heavy (non-hydrogen) atoms. The molecular weight excluding hydrogens is 305 g/mol. The minimum Gasteiger partial charge on any atom is -0.353 e. The first-order valence-electron chi connectivity index (χ1n) is 6.33. The van der Waals surface area contributed by atoms with Crippen LogP contribution in [0.1, 0.15) is 0 Å². The molecule has 0 bridgehead atoms. The van der Waals surface area contributed by atoms with Gasteiger partial charge in [0.05, 0.1) is 5.69 Å². The zero-order chi connectivity index (χ0) is 14.7. The highest BCUT2D eigenvalue weighted by molar-refractivity contribution is 6.33. The van der Waals surface area contributed by atoms with Gasteiger partial charge in [-0.05, 0) is 23.3 Å². The molecule has 1 aromatic heterocycles. The fourth-order valence-corrected chi connectivity index (χ4v) is 2.26. The first-order valence-corrected chi connectivity index (χ1v) is 7.09. The molecule has 0 aliphatic carbocycles. The lowest BCUT2D eigenvalue weighted by Crippen LogP contribution is -1.94. The molecule has 3 nitrogen and oxygen atoms in total. The average molecular weight is 316 g/mol. The van der Waals surface area contributed by atoms with E-state index in [1.165, 1.54) is 5.56 Å². The second-order valence-corrected chi connectivity index (χ2v) is 5.19. The molecule has 0 unspecified atom stereocenters. The number of rotatable bonds is 3. The summed E-state index contributed by atoms with van der Waals surface area (Å²) in [5.74, 6) is 0. The number of aromatic nitrogens is 2. The lowest BCUT2D eigenvalue weighted by Gasteiger charge is -2.08. The molecule has 3 rings (SSSR count). The number of halogens is 2. The largest absolute Gasteiger partial charge is 0.353 e. The Bertz CT molecular complexity index is 743. The standard InChI is InChI=1S/C16H11Cl2N3/c17-15-10-14(16(18)21-20-15)19-13-8-6-12(7-9-13)11-4-2-1-3-5-11/h1-10H,(H,19,20). The van der Waals surface area contributed by atoms with Crippen LogP contribution in [0.5, 0.6) is 0 Å². The maximum absolute atomic E-state index is 5.98. The van der Waals surface area contributed by atoms with Crippen molar-refractivity contribution in [2.45, 2.75) is 0 Å². The summed E-state index contributed by atoms with van der Waals surface area (Å²) in [4.78, 5) is 0. The molecular formula is C16H11Cl2N3. The molecule has 0 saturated heterocycles. The van der Waals surface area contributed by atoms with Gasteiger partial charge in [-0.2, -0.15) is 0 Å². The van der Waals surface area contributed by atoms with Crippen LogP contribution in [-0.2, 0) is 0 Å². The van der Waals surface area contributed by atoms with Gasteiger partial charge in [-0.3, -0.25) is 0 Å². The Labute approximate surface area is 132 Å². The van der Waals surface area contributed by atoms with Crippen LogP contribution in [-0.4, -0.2) is 10.2 Å². The highest BCUT2D eigenvalue weighted by Crippen LogP contribution is 2.27. The Morgan fingerprint density at radius 2 is 1.43 bits per heavy atom. The normalized spacial score (nSPS) is 10.4. The van der Waals surface area contributed by atoms with E-state index < -0.39 is 0 Å². The molecule has 5 heteroatoms. The average Bonchev–Trinajstić information content (AvgIpc) is 2.53. The van der Waals surface area contributed by atoms with Crippen LogP contribution < -0.4 is 5.32 Å². The van der Waals surface area contributed by atoms with E-state index in [9.17, 15) is 0 Å². The summed E-state index contributed by atoms with van der Waals surface area (Å²) in [6, 6.07) is 19.9. The van der Waals surface area contributed by atoms with Crippen molar-refractivity contribution in [1.82, 2.24) is 10.2 Å². The fraction of sp³-hybridized carbons (Fsp3) is 0. The summed E-state index contributed by atoms with van der Waals surface area (Å²) >= 11 is 11.8. The Morgan fingerprint density at radius 1 is 0.762 bits per heavy atom. The highest BCUT2D eigenvalue weighted by atomic mass is 35.5. The van der Waals surface area contributed by atoms with Crippen molar-refractivity contribution in [2.24, 2.45) is 0 Å². The molecule has 0 aliphatic rings. The van der Waals surface area contributed by atoms with Gasteiger partial charge in [0.2, 0.25) is 0 Å². The summed E-state index contributed by atoms with van der Waals surface area (Å²) in [5, 5.41) is 11.2. The maximum Gasteiger partial charge on any atom is 0.175 e. The van der Waals surface area contributed by atoms with Crippen molar-refractivity contribution in [3.8, 4) is 11.1 Å². The van der Waals surface area contributed by atoms with Gasteiger partial charge in [0.1, 0.15) is 0 Å². The Hall–Kier alpha value is -2.10. The van der Waals surface area contributed by atoms with Gasteiger partial charge in [-0.25, -0.2) is 0 Å². The second kappa shape index (κ2) is 6.12. The predicted octanol–water partition coefficient (Wildman–Crippen LogP) is 5.19. The number of benzene rings is 2. The molecule has 104 valence electrons. The summed E-state index contributed by atoms with van der Waals surface area (Å²) < 4.78 is 0. The first-order chi connectivity index (χ1) is 10.2. The predicted molar refractivity (Wildman–Crippen MR) is 87.2 cm³/mol. The van der Waals surface area contributed by atoms with Crippen LogP contribution in [0.25, 0.3) is 11.1 Å². The molecule has 1 N–H and O–H groups in total. The lowest BCUT2D eigenvalue weighted by atomic mass is 10.1. The number of hydrogen-bond acceptors (Lipinski definition) is 3. The first kappa shape index (κ1) is 13.9. The van der Waals surface area contributed by atoms with Crippen LogP contribution in [0.2, 0.25) is 10.3 Å². The van der Waals surface area contributed by atoms with E-state index in [4.69, 9.17) is 23.2 Å². The van der Waals surface area contributed by atoms with Gasteiger partial charge in [-0.1, -0.05) is 65.7 Å². The zero-order valence-electron chi connectivity index (χ0n) is 10.9. The molecule has 0 atom stereocenters. The van der Waals surface area contributed by atoms with E-state index in [0.717, 1.165) is 11.3 Å². The van der Waals surface area contributed by atoms with E-state index in [2.05, 4.69) is 27.6 Å².